The number of imide groups is 1. The van der Waals surface area contributed by atoms with Crippen LogP contribution in [0.5, 0.6) is 5.75 Å². The summed E-state index contributed by atoms with van der Waals surface area (Å²) in [6.45, 7) is 1.63. The monoisotopic (exact) mass is 463 g/mol. The van der Waals surface area contributed by atoms with Gasteiger partial charge in [0.15, 0.2) is 0 Å². The lowest BCUT2D eigenvalue weighted by molar-refractivity contribution is -0.133. The zero-order valence-electron chi connectivity index (χ0n) is 17.9. The van der Waals surface area contributed by atoms with Gasteiger partial charge in [-0.25, -0.2) is 4.79 Å². The zero-order valence-corrected chi connectivity index (χ0v) is 18.6. The number of hydrogen-bond donors (Lipinski definition) is 2. The Morgan fingerprint density at radius 1 is 1.00 bits per heavy atom. The van der Waals surface area contributed by atoms with Crippen LogP contribution in [0.4, 0.5) is 10.5 Å². The van der Waals surface area contributed by atoms with E-state index >= 15 is 0 Å². The largest absolute Gasteiger partial charge is 0.489 e. The Morgan fingerprint density at radius 2 is 1.67 bits per heavy atom. The molecule has 33 heavy (non-hydrogen) atoms. The smallest absolute Gasteiger partial charge is 0.325 e. The first-order valence-electron chi connectivity index (χ1n) is 10.3. The Labute approximate surface area is 196 Å². The number of hydrogen-bond acceptors (Lipinski definition) is 4. The van der Waals surface area contributed by atoms with Crippen molar-refractivity contribution in [2.24, 2.45) is 0 Å². The van der Waals surface area contributed by atoms with Crippen LogP contribution in [0.1, 0.15) is 18.1 Å². The van der Waals surface area contributed by atoms with Gasteiger partial charge in [-0.05, 0) is 54.4 Å². The van der Waals surface area contributed by atoms with Gasteiger partial charge in [-0.1, -0.05) is 54.1 Å². The summed E-state index contributed by atoms with van der Waals surface area (Å²) in [6.07, 6.45) is 0. The molecule has 1 heterocycles. The molecule has 1 aliphatic rings. The minimum absolute atomic E-state index is 0.403. The van der Waals surface area contributed by atoms with E-state index in [9.17, 15) is 14.4 Å². The number of ether oxygens (including phenoxy) is 1. The van der Waals surface area contributed by atoms with E-state index in [0.717, 1.165) is 10.5 Å². The molecule has 8 heteroatoms. The Bertz CT molecular complexity index is 1170. The fourth-order valence-corrected chi connectivity index (χ4v) is 3.66. The zero-order chi connectivity index (χ0) is 23.4. The standard InChI is InChI=1S/C25H22ClN3O4/c1-25(18-7-9-19(26)10-8-18)23(31)29(24(32)28-25)15-22(30)27-20-11-13-21(14-12-20)33-16-17-5-3-2-4-6-17/h2-14H,15-16H2,1H3,(H,27,30)(H,28,32)/t25-/m1/s1. The molecule has 1 atom stereocenters. The van der Waals surface area contributed by atoms with E-state index in [4.69, 9.17) is 16.3 Å². The number of rotatable bonds is 7. The first-order valence-corrected chi connectivity index (χ1v) is 10.7. The molecule has 3 aromatic carbocycles. The van der Waals surface area contributed by atoms with E-state index in [0.29, 0.717) is 28.6 Å². The summed E-state index contributed by atoms with van der Waals surface area (Å²) in [5.74, 6) is -0.337. The van der Waals surface area contributed by atoms with Gasteiger partial charge in [-0.15, -0.1) is 0 Å². The van der Waals surface area contributed by atoms with Gasteiger partial charge in [-0.3, -0.25) is 14.5 Å². The van der Waals surface area contributed by atoms with Crippen LogP contribution in [-0.2, 0) is 21.7 Å². The van der Waals surface area contributed by atoms with Crippen LogP contribution in [0.2, 0.25) is 5.02 Å². The number of carbonyl (C=O) groups excluding carboxylic acids is 3. The highest BCUT2D eigenvalue weighted by molar-refractivity contribution is 6.30. The Balaban J connectivity index is 1.35. The topological polar surface area (TPSA) is 87.7 Å². The lowest BCUT2D eigenvalue weighted by Crippen LogP contribution is -2.42. The van der Waals surface area contributed by atoms with Crippen molar-refractivity contribution in [3.8, 4) is 5.75 Å². The summed E-state index contributed by atoms with van der Waals surface area (Å²) in [5.41, 5.74) is 0.896. The van der Waals surface area contributed by atoms with Crippen LogP contribution in [0.25, 0.3) is 0 Å². The van der Waals surface area contributed by atoms with Crippen molar-refractivity contribution in [1.29, 1.82) is 0 Å². The van der Waals surface area contributed by atoms with Gasteiger partial charge < -0.3 is 15.4 Å². The normalized spacial score (nSPS) is 17.6. The lowest BCUT2D eigenvalue weighted by atomic mass is 9.92. The maximum Gasteiger partial charge on any atom is 0.325 e. The number of halogens is 1. The van der Waals surface area contributed by atoms with Crippen molar-refractivity contribution in [3.05, 3.63) is 95.0 Å². The number of carbonyl (C=O) groups is 3. The number of nitrogens with zero attached hydrogens (tertiary/aromatic N) is 1. The Hall–Kier alpha value is -3.84. The molecule has 0 aliphatic carbocycles. The van der Waals surface area contributed by atoms with Gasteiger partial charge >= 0.3 is 6.03 Å². The second-order valence-corrected chi connectivity index (χ2v) is 8.24. The maximum absolute atomic E-state index is 13.0. The molecule has 4 amide bonds. The van der Waals surface area contributed by atoms with Crippen LogP contribution >= 0.6 is 11.6 Å². The third-order valence-corrected chi connectivity index (χ3v) is 5.64. The summed E-state index contributed by atoms with van der Waals surface area (Å²) < 4.78 is 5.73. The van der Waals surface area contributed by atoms with Gasteiger partial charge in [0.1, 0.15) is 24.4 Å². The molecule has 1 aliphatic heterocycles. The second kappa shape index (κ2) is 9.34. The summed E-state index contributed by atoms with van der Waals surface area (Å²) in [7, 11) is 0. The fourth-order valence-electron chi connectivity index (χ4n) is 3.54. The predicted octanol–water partition coefficient (Wildman–Crippen LogP) is 4.32. The highest BCUT2D eigenvalue weighted by Gasteiger charge is 2.49. The van der Waals surface area contributed by atoms with Gasteiger partial charge in [-0.2, -0.15) is 0 Å². The molecule has 0 bridgehead atoms. The molecule has 0 spiro atoms. The lowest BCUT2D eigenvalue weighted by Gasteiger charge is -2.22. The third-order valence-electron chi connectivity index (χ3n) is 5.38. The van der Waals surface area contributed by atoms with Gasteiger partial charge in [0.2, 0.25) is 5.91 Å². The minimum Gasteiger partial charge on any atom is -0.489 e. The molecule has 0 unspecified atom stereocenters. The van der Waals surface area contributed by atoms with Gasteiger partial charge in [0.25, 0.3) is 5.91 Å². The average molecular weight is 464 g/mol. The molecule has 168 valence electrons. The summed E-state index contributed by atoms with van der Waals surface area (Å²) in [5, 5.41) is 5.89. The SMILES string of the molecule is C[C@]1(c2ccc(Cl)cc2)NC(=O)N(CC(=O)Nc2ccc(OCc3ccccc3)cc2)C1=O. The molecular formula is C25H22ClN3O4. The molecule has 1 saturated heterocycles. The first-order chi connectivity index (χ1) is 15.8. The molecule has 2 N–H and O–H groups in total. The summed E-state index contributed by atoms with van der Waals surface area (Å²) in [4.78, 5) is 38.8. The van der Waals surface area contributed by atoms with E-state index < -0.39 is 29.9 Å². The highest BCUT2D eigenvalue weighted by atomic mass is 35.5. The fraction of sp³-hybridized carbons (Fsp3) is 0.160. The molecule has 1 fully saturated rings. The molecule has 0 radical (unpaired) electrons. The molecule has 3 aromatic rings. The third kappa shape index (κ3) is 4.99. The van der Waals surface area contributed by atoms with Crippen LogP contribution in [0, 0.1) is 0 Å². The maximum atomic E-state index is 13.0. The number of benzene rings is 3. The molecule has 7 nitrogen and oxygen atoms in total. The Morgan fingerprint density at radius 3 is 2.33 bits per heavy atom. The molecule has 0 saturated carbocycles. The Kier molecular flexibility index (Phi) is 6.33. The van der Waals surface area contributed by atoms with Gasteiger partial charge in [0, 0.05) is 10.7 Å². The number of amides is 4. The van der Waals surface area contributed by atoms with E-state index in [1.807, 2.05) is 30.3 Å². The van der Waals surface area contributed by atoms with Crippen molar-refractivity contribution in [2.75, 3.05) is 11.9 Å². The number of anilines is 1. The van der Waals surface area contributed by atoms with Crippen molar-refractivity contribution < 1.29 is 19.1 Å². The quantitative estimate of drug-likeness (QED) is 0.511. The average Bonchev–Trinajstić information content (AvgIpc) is 3.03. The molecular weight excluding hydrogens is 442 g/mol. The highest BCUT2D eigenvalue weighted by Crippen LogP contribution is 2.29. The van der Waals surface area contributed by atoms with Crippen LogP contribution < -0.4 is 15.4 Å². The van der Waals surface area contributed by atoms with Crippen LogP contribution in [0.3, 0.4) is 0 Å². The van der Waals surface area contributed by atoms with Crippen molar-refractivity contribution in [2.45, 2.75) is 19.1 Å². The second-order valence-electron chi connectivity index (χ2n) is 7.80. The molecule has 0 aromatic heterocycles. The van der Waals surface area contributed by atoms with E-state index in [1.165, 1.54) is 0 Å². The van der Waals surface area contributed by atoms with E-state index in [-0.39, 0.29) is 0 Å². The van der Waals surface area contributed by atoms with Crippen molar-refractivity contribution >= 4 is 35.1 Å². The minimum atomic E-state index is -1.26. The summed E-state index contributed by atoms with van der Waals surface area (Å²) >= 11 is 5.92. The number of nitrogens with one attached hydrogen (secondary N) is 2. The van der Waals surface area contributed by atoms with Crippen LogP contribution in [-0.4, -0.2) is 29.3 Å². The van der Waals surface area contributed by atoms with E-state index in [1.54, 1.807) is 55.5 Å². The number of urea groups is 1. The van der Waals surface area contributed by atoms with Crippen molar-refractivity contribution in [3.63, 3.8) is 0 Å². The summed E-state index contributed by atoms with van der Waals surface area (Å²) in [6, 6.07) is 22.7. The van der Waals surface area contributed by atoms with Gasteiger partial charge in [0.05, 0.1) is 0 Å². The molecule has 4 rings (SSSR count). The van der Waals surface area contributed by atoms with Crippen LogP contribution in [0.15, 0.2) is 78.9 Å². The van der Waals surface area contributed by atoms with Crippen molar-refractivity contribution in [1.82, 2.24) is 10.2 Å². The predicted molar refractivity (Wildman–Crippen MR) is 125 cm³/mol. The van der Waals surface area contributed by atoms with E-state index in [2.05, 4.69) is 10.6 Å². The first kappa shape index (κ1) is 22.4.